The topological polar surface area (TPSA) is 23.5 Å². The van der Waals surface area contributed by atoms with E-state index in [1.54, 1.807) is 0 Å². The molecule has 0 fully saturated rings. The largest absolute Gasteiger partial charge is 0.416 e. The summed E-state index contributed by atoms with van der Waals surface area (Å²) in [6, 6.07) is 3.58. The molecule has 0 bridgehead atoms. The van der Waals surface area contributed by atoms with Crippen LogP contribution in [0.25, 0.3) is 0 Å². The molecule has 0 radical (unpaired) electrons. The van der Waals surface area contributed by atoms with Gasteiger partial charge in [-0.3, -0.25) is 0 Å². The molecule has 1 rings (SSSR count). The van der Waals surface area contributed by atoms with Crippen molar-refractivity contribution >= 4 is 21.6 Å². The van der Waals surface area contributed by atoms with Gasteiger partial charge in [-0.2, -0.15) is 13.2 Å². The summed E-state index contributed by atoms with van der Waals surface area (Å²) in [7, 11) is 0. The van der Waals surface area contributed by atoms with Gasteiger partial charge in [-0.25, -0.2) is 0 Å². The van der Waals surface area contributed by atoms with E-state index >= 15 is 0 Å². The van der Waals surface area contributed by atoms with Crippen LogP contribution in [0.1, 0.15) is 25.3 Å². The van der Waals surface area contributed by atoms with E-state index in [2.05, 4.69) is 15.9 Å². The molecule has 1 aromatic rings. The Balaban J connectivity index is 2.97. The first-order chi connectivity index (χ1) is 8.90. The second-order valence-electron chi connectivity index (χ2n) is 4.23. The highest BCUT2D eigenvalue weighted by Gasteiger charge is 2.31. The third kappa shape index (κ3) is 4.69. The fourth-order valence-electron chi connectivity index (χ4n) is 1.76. The van der Waals surface area contributed by atoms with Crippen molar-refractivity contribution < 1.29 is 18.3 Å². The lowest BCUT2D eigenvalue weighted by molar-refractivity contribution is -0.137. The molecule has 0 aromatic heterocycles. The first-order valence-corrected chi connectivity index (χ1v) is 6.92. The summed E-state index contributed by atoms with van der Waals surface area (Å²) in [5, 5.41) is 9.04. The number of unbranched alkanes of at least 4 members (excludes halogenated alkanes) is 1. The molecule has 0 amide bonds. The minimum Gasteiger partial charge on any atom is -0.395 e. The number of alkyl halides is 3. The van der Waals surface area contributed by atoms with Crippen molar-refractivity contribution in [3.63, 3.8) is 0 Å². The van der Waals surface area contributed by atoms with Crippen LogP contribution in [0.15, 0.2) is 22.7 Å². The van der Waals surface area contributed by atoms with Crippen molar-refractivity contribution in [1.82, 2.24) is 0 Å². The van der Waals surface area contributed by atoms with Crippen molar-refractivity contribution in [3.05, 3.63) is 28.2 Å². The molecule has 19 heavy (non-hydrogen) atoms. The summed E-state index contributed by atoms with van der Waals surface area (Å²) in [5.74, 6) is 0. The maximum atomic E-state index is 12.6. The minimum absolute atomic E-state index is 0.0306. The van der Waals surface area contributed by atoms with Crippen LogP contribution in [0.5, 0.6) is 0 Å². The number of benzene rings is 1. The zero-order valence-electron chi connectivity index (χ0n) is 10.7. The maximum Gasteiger partial charge on any atom is 0.416 e. The zero-order valence-corrected chi connectivity index (χ0v) is 12.3. The number of anilines is 1. The van der Waals surface area contributed by atoms with Gasteiger partial charge in [-0.05, 0) is 40.5 Å². The van der Waals surface area contributed by atoms with Gasteiger partial charge in [0.25, 0.3) is 0 Å². The Morgan fingerprint density at radius 3 is 2.42 bits per heavy atom. The van der Waals surface area contributed by atoms with E-state index in [1.165, 1.54) is 6.07 Å². The van der Waals surface area contributed by atoms with Crippen LogP contribution in [0.3, 0.4) is 0 Å². The van der Waals surface area contributed by atoms with Crippen molar-refractivity contribution in [1.29, 1.82) is 0 Å². The molecule has 2 nitrogen and oxygen atoms in total. The average Bonchev–Trinajstić information content (AvgIpc) is 2.33. The van der Waals surface area contributed by atoms with Gasteiger partial charge in [0.15, 0.2) is 0 Å². The molecule has 1 aromatic carbocycles. The number of aliphatic hydroxyl groups excluding tert-OH is 1. The fraction of sp³-hybridized carbons (Fsp3) is 0.538. The fourth-order valence-corrected chi connectivity index (χ4v) is 2.39. The van der Waals surface area contributed by atoms with E-state index in [9.17, 15) is 13.2 Å². The van der Waals surface area contributed by atoms with Crippen LogP contribution >= 0.6 is 15.9 Å². The Labute approximate surface area is 119 Å². The zero-order chi connectivity index (χ0) is 14.5. The van der Waals surface area contributed by atoms with Gasteiger partial charge in [0.05, 0.1) is 17.9 Å². The molecule has 108 valence electrons. The first kappa shape index (κ1) is 16.3. The second-order valence-corrected chi connectivity index (χ2v) is 5.08. The van der Waals surface area contributed by atoms with E-state index < -0.39 is 11.7 Å². The van der Waals surface area contributed by atoms with Crippen molar-refractivity contribution in [2.45, 2.75) is 25.9 Å². The molecule has 0 unspecified atom stereocenters. The van der Waals surface area contributed by atoms with Crippen LogP contribution in [0.4, 0.5) is 18.9 Å². The minimum atomic E-state index is -4.34. The predicted octanol–water partition coefficient (Wildman–Crippen LogP) is 4.07. The molecule has 0 saturated carbocycles. The quantitative estimate of drug-likeness (QED) is 0.844. The summed E-state index contributed by atoms with van der Waals surface area (Å²) in [5.41, 5.74) is -0.00179. The van der Waals surface area contributed by atoms with Gasteiger partial charge >= 0.3 is 6.18 Å². The highest BCUT2D eigenvalue weighted by molar-refractivity contribution is 9.10. The highest BCUT2D eigenvalue weighted by Crippen LogP contribution is 2.35. The number of nitrogens with zero attached hydrogens (tertiary/aromatic N) is 1. The number of halogens is 4. The van der Waals surface area contributed by atoms with Crippen molar-refractivity contribution in [3.8, 4) is 0 Å². The lowest BCUT2D eigenvalue weighted by Crippen LogP contribution is -2.28. The molecule has 0 aliphatic carbocycles. The Hall–Kier alpha value is -0.750. The Morgan fingerprint density at radius 2 is 1.95 bits per heavy atom. The molecule has 0 aliphatic heterocycles. The normalized spacial score (nSPS) is 11.7. The summed E-state index contributed by atoms with van der Waals surface area (Å²) in [6.45, 7) is 3.13. The second kappa shape index (κ2) is 7.14. The molecule has 6 heteroatoms. The van der Waals surface area contributed by atoms with Crippen LogP contribution in [0, 0.1) is 0 Å². The molecular formula is C13H17BrF3NO. The molecular weight excluding hydrogens is 323 g/mol. The lowest BCUT2D eigenvalue weighted by atomic mass is 10.2. The van der Waals surface area contributed by atoms with E-state index in [0.29, 0.717) is 23.2 Å². The van der Waals surface area contributed by atoms with Crippen LogP contribution in [-0.2, 0) is 6.18 Å². The van der Waals surface area contributed by atoms with Gasteiger partial charge in [0.2, 0.25) is 0 Å². The van der Waals surface area contributed by atoms with E-state index in [4.69, 9.17) is 5.11 Å². The first-order valence-electron chi connectivity index (χ1n) is 6.12. The molecule has 0 heterocycles. The maximum absolute atomic E-state index is 12.6. The SMILES string of the molecule is CCCCN(CCO)c1ccc(C(F)(F)F)cc1Br. The summed E-state index contributed by atoms with van der Waals surface area (Å²) in [4.78, 5) is 1.88. The Morgan fingerprint density at radius 1 is 1.26 bits per heavy atom. The molecule has 1 N–H and O–H groups in total. The van der Waals surface area contributed by atoms with Gasteiger partial charge in [0, 0.05) is 17.6 Å². The summed E-state index contributed by atoms with van der Waals surface area (Å²) in [6.07, 6.45) is -2.43. The Kier molecular flexibility index (Phi) is 6.13. The van der Waals surface area contributed by atoms with Gasteiger partial charge in [-0.1, -0.05) is 13.3 Å². The van der Waals surface area contributed by atoms with Gasteiger partial charge in [-0.15, -0.1) is 0 Å². The van der Waals surface area contributed by atoms with Crippen LogP contribution < -0.4 is 4.90 Å². The molecule has 0 aliphatic rings. The number of aliphatic hydroxyl groups is 1. The predicted molar refractivity (Wildman–Crippen MR) is 73.4 cm³/mol. The number of rotatable bonds is 6. The van der Waals surface area contributed by atoms with Crippen molar-refractivity contribution in [2.24, 2.45) is 0 Å². The lowest BCUT2D eigenvalue weighted by Gasteiger charge is -2.25. The molecule has 0 atom stereocenters. The standard InChI is InChI=1S/C13H17BrF3NO/c1-2-3-6-18(7-8-19)12-5-4-10(9-11(12)14)13(15,16)17/h4-5,9,19H,2-3,6-8H2,1H3. The summed E-state index contributed by atoms with van der Waals surface area (Å²) < 4.78 is 38.1. The smallest absolute Gasteiger partial charge is 0.395 e. The van der Waals surface area contributed by atoms with Crippen molar-refractivity contribution in [2.75, 3.05) is 24.6 Å². The van der Waals surface area contributed by atoms with Crippen LogP contribution in [0.2, 0.25) is 0 Å². The number of hydrogen-bond acceptors (Lipinski definition) is 2. The van der Waals surface area contributed by atoms with E-state index in [1.807, 2.05) is 11.8 Å². The molecule has 0 saturated heterocycles. The third-order valence-corrected chi connectivity index (χ3v) is 3.40. The highest BCUT2D eigenvalue weighted by atomic mass is 79.9. The van der Waals surface area contributed by atoms with E-state index in [0.717, 1.165) is 25.0 Å². The Bertz CT molecular complexity index is 409. The summed E-state index contributed by atoms with van der Waals surface area (Å²) >= 11 is 3.18. The van der Waals surface area contributed by atoms with Gasteiger partial charge in [0.1, 0.15) is 0 Å². The monoisotopic (exact) mass is 339 g/mol. The molecule has 0 spiro atoms. The average molecular weight is 340 g/mol. The van der Waals surface area contributed by atoms with Crippen LogP contribution in [-0.4, -0.2) is 24.8 Å². The number of hydrogen-bond donors (Lipinski definition) is 1. The third-order valence-electron chi connectivity index (χ3n) is 2.77. The van der Waals surface area contributed by atoms with E-state index in [-0.39, 0.29) is 6.61 Å². The van der Waals surface area contributed by atoms with Gasteiger partial charge < -0.3 is 10.0 Å².